The standard InChI is InChI=1S/C15H17ClN4O2S2/c1-10(2)18-15(23)24(21,22)20-14-9-17-7-6-13(14)19-12-5-3-4-11(16)8-12/h3-10,20H,1-2H3,(H,17,19)(H,18,23). The van der Waals surface area contributed by atoms with Gasteiger partial charge in [0.2, 0.25) is 4.32 Å². The van der Waals surface area contributed by atoms with Crippen LogP contribution in [0.4, 0.5) is 17.1 Å². The van der Waals surface area contributed by atoms with Gasteiger partial charge in [0, 0.05) is 22.9 Å². The lowest BCUT2D eigenvalue weighted by Gasteiger charge is -2.16. The summed E-state index contributed by atoms with van der Waals surface area (Å²) in [5, 5.41) is 6.37. The van der Waals surface area contributed by atoms with Gasteiger partial charge in [-0.15, -0.1) is 0 Å². The van der Waals surface area contributed by atoms with Gasteiger partial charge in [0.05, 0.1) is 17.6 Å². The van der Waals surface area contributed by atoms with Crippen molar-refractivity contribution in [2.24, 2.45) is 0 Å². The summed E-state index contributed by atoms with van der Waals surface area (Å²) in [5.41, 5.74) is 1.53. The Morgan fingerprint density at radius 1 is 1.25 bits per heavy atom. The number of nitrogens with zero attached hydrogens (tertiary/aromatic N) is 1. The van der Waals surface area contributed by atoms with Crippen LogP contribution < -0.4 is 15.4 Å². The van der Waals surface area contributed by atoms with Crippen LogP contribution in [0.25, 0.3) is 0 Å². The lowest BCUT2D eigenvalue weighted by molar-refractivity contribution is 0.609. The predicted molar refractivity (Wildman–Crippen MR) is 102 cm³/mol. The zero-order valence-electron chi connectivity index (χ0n) is 13.1. The minimum atomic E-state index is -3.87. The highest BCUT2D eigenvalue weighted by atomic mass is 35.5. The van der Waals surface area contributed by atoms with Crippen LogP contribution in [-0.2, 0) is 10.0 Å². The molecule has 2 aromatic rings. The molecule has 24 heavy (non-hydrogen) atoms. The first-order valence-electron chi connectivity index (χ1n) is 7.08. The van der Waals surface area contributed by atoms with Gasteiger partial charge in [-0.1, -0.05) is 17.7 Å². The smallest absolute Gasteiger partial charge is 0.287 e. The molecule has 0 spiro atoms. The van der Waals surface area contributed by atoms with Crippen LogP contribution >= 0.6 is 23.8 Å². The quantitative estimate of drug-likeness (QED) is 0.684. The fourth-order valence-electron chi connectivity index (χ4n) is 1.81. The van der Waals surface area contributed by atoms with Crippen molar-refractivity contribution in [2.75, 3.05) is 10.0 Å². The van der Waals surface area contributed by atoms with Crippen LogP contribution in [0.3, 0.4) is 0 Å². The summed E-state index contributed by atoms with van der Waals surface area (Å²) < 4.78 is 26.8. The highest BCUT2D eigenvalue weighted by Crippen LogP contribution is 2.26. The summed E-state index contributed by atoms with van der Waals surface area (Å²) in [4.78, 5) is 3.95. The van der Waals surface area contributed by atoms with Gasteiger partial charge in [-0.05, 0) is 50.3 Å². The summed E-state index contributed by atoms with van der Waals surface area (Å²) in [5.74, 6) is 0. The summed E-state index contributed by atoms with van der Waals surface area (Å²) in [6, 6.07) is 8.64. The molecule has 6 nitrogen and oxygen atoms in total. The molecule has 0 saturated carbocycles. The molecule has 0 bridgehead atoms. The second-order valence-electron chi connectivity index (χ2n) is 5.25. The van der Waals surface area contributed by atoms with E-state index in [0.717, 1.165) is 5.69 Å². The molecule has 1 aromatic carbocycles. The van der Waals surface area contributed by atoms with Gasteiger partial charge in [0.15, 0.2) is 0 Å². The average molecular weight is 385 g/mol. The summed E-state index contributed by atoms with van der Waals surface area (Å²) in [6.07, 6.45) is 2.96. The molecule has 0 amide bonds. The maximum Gasteiger partial charge on any atom is 0.287 e. The first kappa shape index (κ1) is 18.4. The highest BCUT2D eigenvalue weighted by molar-refractivity contribution is 8.17. The molecular formula is C15H17ClN4O2S2. The van der Waals surface area contributed by atoms with Gasteiger partial charge < -0.3 is 10.6 Å². The Morgan fingerprint density at radius 3 is 2.67 bits per heavy atom. The summed E-state index contributed by atoms with van der Waals surface area (Å²) in [6.45, 7) is 3.61. The zero-order valence-corrected chi connectivity index (χ0v) is 15.5. The summed E-state index contributed by atoms with van der Waals surface area (Å²) in [7, 11) is -3.87. The third-order valence-electron chi connectivity index (χ3n) is 2.82. The number of benzene rings is 1. The van der Waals surface area contributed by atoms with Crippen molar-refractivity contribution in [1.82, 2.24) is 10.3 Å². The van der Waals surface area contributed by atoms with Crippen molar-refractivity contribution in [1.29, 1.82) is 0 Å². The molecule has 0 fully saturated rings. The number of sulfonamides is 1. The number of halogens is 1. The van der Waals surface area contributed by atoms with Crippen LogP contribution in [0.15, 0.2) is 42.7 Å². The molecule has 1 heterocycles. The van der Waals surface area contributed by atoms with E-state index in [1.807, 2.05) is 6.07 Å². The molecule has 0 unspecified atom stereocenters. The van der Waals surface area contributed by atoms with Gasteiger partial charge in [0.1, 0.15) is 0 Å². The summed E-state index contributed by atoms with van der Waals surface area (Å²) >= 11 is 10.9. The maximum absolute atomic E-state index is 12.3. The lowest BCUT2D eigenvalue weighted by atomic mass is 10.3. The Kier molecular flexibility index (Phi) is 5.98. The molecule has 0 aliphatic carbocycles. The molecule has 0 atom stereocenters. The fourth-order valence-corrected chi connectivity index (χ4v) is 3.30. The number of thiocarbonyl (C=S) groups is 1. The molecule has 0 aliphatic heterocycles. The van der Waals surface area contributed by atoms with Crippen molar-refractivity contribution < 1.29 is 8.42 Å². The van der Waals surface area contributed by atoms with E-state index >= 15 is 0 Å². The van der Waals surface area contributed by atoms with Crippen molar-refractivity contribution in [2.45, 2.75) is 19.9 Å². The Balaban J connectivity index is 2.24. The van der Waals surface area contributed by atoms with E-state index in [2.05, 4.69) is 20.3 Å². The maximum atomic E-state index is 12.3. The number of aromatic nitrogens is 1. The molecule has 0 aliphatic rings. The Labute approximate surface area is 151 Å². The topological polar surface area (TPSA) is 83.1 Å². The van der Waals surface area contributed by atoms with Crippen LogP contribution in [-0.4, -0.2) is 23.8 Å². The monoisotopic (exact) mass is 384 g/mol. The van der Waals surface area contributed by atoms with Gasteiger partial charge in [-0.25, -0.2) is 0 Å². The molecule has 1 aromatic heterocycles. The molecule has 0 saturated heterocycles. The Bertz CT molecular complexity index is 841. The highest BCUT2D eigenvalue weighted by Gasteiger charge is 2.20. The number of rotatable bonds is 5. The van der Waals surface area contributed by atoms with E-state index < -0.39 is 10.0 Å². The number of anilines is 3. The van der Waals surface area contributed by atoms with Crippen LogP contribution in [0.5, 0.6) is 0 Å². The van der Waals surface area contributed by atoms with Gasteiger partial charge in [0.25, 0.3) is 10.0 Å². The molecular weight excluding hydrogens is 368 g/mol. The van der Waals surface area contributed by atoms with Crippen molar-refractivity contribution in [3.63, 3.8) is 0 Å². The second-order valence-corrected chi connectivity index (χ2v) is 7.97. The Morgan fingerprint density at radius 2 is 2.00 bits per heavy atom. The minimum absolute atomic E-state index is 0.0907. The van der Waals surface area contributed by atoms with E-state index in [4.69, 9.17) is 23.8 Å². The fraction of sp³-hybridized carbons (Fsp3) is 0.200. The van der Waals surface area contributed by atoms with Crippen LogP contribution in [0.2, 0.25) is 5.02 Å². The largest absolute Gasteiger partial charge is 0.363 e. The number of pyridine rings is 1. The predicted octanol–water partition coefficient (Wildman–Crippen LogP) is 3.50. The van der Waals surface area contributed by atoms with Crippen molar-refractivity contribution in [3.05, 3.63) is 47.7 Å². The average Bonchev–Trinajstić information content (AvgIpc) is 2.48. The first-order valence-corrected chi connectivity index (χ1v) is 9.35. The van der Waals surface area contributed by atoms with Crippen molar-refractivity contribution in [3.8, 4) is 0 Å². The van der Waals surface area contributed by atoms with Gasteiger partial charge in [-0.2, -0.15) is 8.42 Å². The second kappa shape index (κ2) is 7.78. The van der Waals surface area contributed by atoms with Gasteiger partial charge in [-0.3, -0.25) is 9.71 Å². The number of hydrogen-bond acceptors (Lipinski definition) is 5. The van der Waals surface area contributed by atoms with Crippen LogP contribution in [0, 0.1) is 0 Å². The van der Waals surface area contributed by atoms with E-state index in [-0.39, 0.29) is 16.0 Å². The van der Waals surface area contributed by atoms with Crippen LogP contribution in [0.1, 0.15) is 13.8 Å². The minimum Gasteiger partial charge on any atom is -0.363 e. The van der Waals surface area contributed by atoms with Gasteiger partial charge >= 0.3 is 0 Å². The van der Waals surface area contributed by atoms with E-state index in [9.17, 15) is 8.42 Å². The number of hydrogen-bond donors (Lipinski definition) is 3. The van der Waals surface area contributed by atoms with E-state index in [1.165, 1.54) is 6.20 Å². The normalized spacial score (nSPS) is 11.2. The third-order valence-corrected chi connectivity index (χ3v) is 4.93. The zero-order chi connectivity index (χ0) is 17.7. The van der Waals surface area contributed by atoms with Crippen molar-refractivity contribution >= 4 is 55.2 Å². The molecule has 2 rings (SSSR count). The SMILES string of the molecule is CC(C)NC(=S)S(=O)(=O)Nc1cnccc1Nc1cccc(Cl)c1. The first-order chi connectivity index (χ1) is 11.3. The lowest BCUT2D eigenvalue weighted by Crippen LogP contribution is -2.37. The number of nitrogens with one attached hydrogen (secondary N) is 3. The molecule has 9 heteroatoms. The van der Waals surface area contributed by atoms with E-state index in [1.54, 1.807) is 44.3 Å². The molecule has 0 radical (unpaired) electrons. The molecule has 3 N–H and O–H groups in total. The molecule has 128 valence electrons. The Hall–Kier alpha value is -1.90. The van der Waals surface area contributed by atoms with E-state index in [0.29, 0.717) is 10.7 Å². The third kappa shape index (κ3) is 5.05.